The average Bonchev–Trinajstić information content (AvgIpc) is 3.87. The van der Waals surface area contributed by atoms with Crippen molar-refractivity contribution in [2.75, 3.05) is 0 Å². The molecule has 1 aliphatic rings. The average molecular weight is 718 g/mol. The van der Waals surface area contributed by atoms with Gasteiger partial charge in [-0.3, -0.25) is 0 Å². The Morgan fingerprint density at radius 2 is 1.00 bits per heavy atom. The van der Waals surface area contributed by atoms with Crippen LogP contribution in [0.25, 0.3) is 103 Å². The van der Waals surface area contributed by atoms with E-state index < -0.39 is 0 Å². The number of fused-ring (bicyclic) bond motifs is 15. The van der Waals surface area contributed by atoms with E-state index in [1.807, 2.05) is 11.3 Å². The van der Waals surface area contributed by atoms with Crippen LogP contribution in [-0.2, 0) is 5.41 Å². The Hall–Kier alpha value is -6.48. The molecule has 2 heteroatoms. The monoisotopic (exact) mass is 717 g/mol. The predicted octanol–water partition coefficient (Wildman–Crippen LogP) is 15.1. The molecule has 1 nitrogen and oxygen atoms in total. The van der Waals surface area contributed by atoms with Gasteiger partial charge in [-0.25, -0.2) is 0 Å². The van der Waals surface area contributed by atoms with Crippen LogP contribution in [0.2, 0.25) is 0 Å². The van der Waals surface area contributed by atoms with E-state index in [9.17, 15) is 0 Å². The molecule has 0 aliphatic heterocycles. The zero-order valence-electron chi connectivity index (χ0n) is 30.6. The first kappa shape index (κ1) is 30.9. The molecule has 0 saturated heterocycles. The lowest BCUT2D eigenvalue weighted by atomic mass is 9.81. The summed E-state index contributed by atoms with van der Waals surface area (Å²) in [5.74, 6) is 0. The van der Waals surface area contributed by atoms with E-state index >= 15 is 0 Å². The second-order valence-corrected chi connectivity index (χ2v) is 16.7. The molecule has 0 saturated carbocycles. The molecule has 0 unspecified atom stereocenters. The molecule has 9 aromatic carbocycles. The van der Waals surface area contributed by atoms with Crippen LogP contribution in [0.1, 0.15) is 25.0 Å². The van der Waals surface area contributed by atoms with E-state index in [-0.39, 0.29) is 5.41 Å². The van der Waals surface area contributed by atoms with Gasteiger partial charge in [-0.1, -0.05) is 147 Å². The Labute approximate surface area is 323 Å². The Kier molecular flexibility index (Phi) is 6.34. The first-order valence-corrected chi connectivity index (χ1v) is 20.0. The summed E-state index contributed by atoms with van der Waals surface area (Å²) in [6.45, 7) is 4.74. The van der Waals surface area contributed by atoms with Gasteiger partial charge in [0.05, 0.1) is 11.0 Å². The van der Waals surface area contributed by atoms with Crippen LogP contribution in [0.3, 0.4) is 0 Å². The first-order chi connectivity index (χ1) is 27.0. The molecular weight excluding hydrogens is 683 g/mol. The number of aromatic nitrogens is 1. The highest BCUT2D eigenvalue weighted by Crippen LogP contribution is 2.51. The third kappa shape index (κ3) is 4.29. The maximum Gasteiger partial charge on any atom is 0.0626 e. The molecule has 0 bridgehead atoms. The van der Waals surface area contributed by atoms with Crippen molar-refractivity contribution in [3.8, 4) is 39.1 Å². The van der Waals surface area contributed by atoms with Gasteiger partial charge in [-0.2, -0.15) is 0 Å². The second kappa shape index (κ2) is 11.3. The Morgan fingerprint density at radius 3 is 1.82 bits per heavy atom. The van der Waals surface area contributed by atoms with Crippen LogP contribution in [0.5, 0.6) is 0 Å². The largest absolute Gasteiger partial charge is 0.309 e. The van der Waals surface area contributed by atoms with Crippen LogP contribution < -0.4 is 0 Å². The summed E-state index contributed by atoms with van der Waals surface area (Å²) in [6, 6.07) is 65.7. The van der Waals surface area contributed by atoms with Gasteiger partial charge in [-0.05, 0) is 103 Å². The lowest BCUT2D eigenvalue weighted by Gasteiger charge is -2.22. The number of hydrogen-bond acceptors (Lipinski definition) is 1. The highest BCUT2D eigenvalue weighted by Gasteiger charge is 2.35. The van der Waals surface area contributed by atoms with Gasteiger partial charge in [0.25, 0.3) is 0 Å². The van der Waals surface area contributed by atoms with Gasteiger partial charge in [-0.15, -0.1) is 11.3 Å². The molecule has 0 fully saturated rings. The first-order valence-electron chi connectivity index (χ1n) is 19.2. The predicted molar refractivity (Wildman–Crippen MR) is 237 cm³/mol. The summed E-state index contributed by atoms with van der Waals surface area (Å²) in [4.78, 5) is 0. The fraction of sp³-hybridized carbons (Fsp3) is 0.0566. The Bertz CT molecular complexity index is 3380. The zero-order valence-corrected chi connectivity index (χ0v) is 31.4. The highest BCUT2D eigenvalue weighted by atomic mass is 32.1. The molecule has 0 atom stereocenters. The van der Waals surface area contributed by atoms with E-state index in [2.05, 4.69) is 194 Å². The number of thiophene rings is 1. The maximum absolute atomic E-state index is 2.53. The van der Waals surface area contributed by atoms with E-state index in [0.29, 0.717) is 0 Å². The van der Waals surface area contributed by atoms with Crippen molar-refractivity contribution in [2.45, 2.75) is 19.3 Å². The molecule has 2 aromatic heterocycles. The molecule has 0 amide bonds. The van der Waals surface area contributed by atoms with Crippen LogP contribution in [0.15, 0.2) is 176 Å². The minimum atomic E-state index is -0.0434. The summed E-state index contributed by atoms with van der Waals surface area (Å²) in [6.07, 6.45) is 0. The van der Waals surface area contributed by atoms with Crippen molar-refractivity contribution in [2.24, 2.45) is 0 Å². The van der Waals surface area contributed by atoms with E-state index in [4.69, 9.17) is 0 Å². The molecule has 258 valence electrons. The second-order valence-electron chi connectivity index (χ2n) is 15.6. The van der Waals surface area contributed by atoms with Crippen LogP contribution in [-0.4, -0.2) is 4.57 Å². The number of hydrogen-bond donors (Lipinski definition) is 0. The van der Waals surface area contributed by atoms with Crippen molar-refractivity contribution in [1.82, 2.24) is 4.57 Å². The van der Waals surface area contributed by atoms with Gasteiger partial charge in [0.2, 0.25) is 0 Å². The SMILES string of the molecule is CC1(C)c2ccccc2-c2ccc(-c3ccc4sc5ccc6c(c5c4c3)c3c4ccccc4c4ccccc4c3n6-c3ccc(-c4ccccc4)cc3)cc21. The third-order valence-electron chi connectivity index (χ3n) is 12.4. The normalized spacial score (nSPS) is 13.4. The Balaban J connectivity index is 1.16. The topological polar surface area (TPSA) is 4.93 Å². The van der Waals surface area contributed by atoms with Gasteiger partial charge in [0.15, 0.2) is 0 Å². The van der Waals surface area contributed by atoms with Gasteiger partial charge < -0.3 is 4.57 Å². The summed E-state index contributed by atoms with van der Waals surface area (Å²) in [7, 11) is 0. The molecular formula is C53H35NS. The summed E-state index contributed by atoms with van der Waals surface area (Å²) in [5, 5.41) is 10.5. The zero-order chi connectivity index (χ0) is 36.4. The number of nitrogens with zero attached hydrogens (tertiary/aromatic N) is 1. The molecule has 0 N–H and O–H groups in total. The minimum absolute atomic E-state index is 0.0434. The van der Waals surface area contributed by atoms with E-state index in [1.54, 1.807) is 0 Å². The Morgan fingerprint density at radius 1 is 0.400 bits per heavy atom. The molecule has 2 heterocycles. The van der Waals surface area contributed by atoms with Crippen molar-refractivity contribution in [1.29, 1.82) is 0 Å². The molecule has 11 aromatic rings. The lowest BCUT2D eigenvalue weighted by molar-refractivity contribution is 0.660. The van der Waals surface area contributed by atoms with Gasteiger partial charge in [0, 0.05) is 47.4 Å². The molecule has 55 heavy (non-hydrogen) atoms. The summed E-state index contributed by atoms with van der Waals surface area (Å²) in [5.41, 5.74) is 14.1. The molecule has 0 spiro atoms. The molecule has 12 rings (SSSR count). The molecule has 1 aliphatic carbocycles. The van der Waals surface area contributed by atoms with Gasteiger partial charge >= 0.3 is 0 Å². The summed E-state index contributed by atoms with van der Waals surface area (Å²) >= 11 is 1.90. The number of benzene rings is 9. The third-order valence-corrected chi connectivity index (χ3v) is 13.5. The van der Waals surface area contributed by atoms with Crippen LogP contribution in [0, 0.1) is 0 Å². The van der Waals surface area contributed by atoms with E-state index in [1.165, 1.54) is 114 Å². The smallest absolute Gasteiger partial charge is 0.0626 e. The van der Waals surface area contributed by atoms with E-state index in [0.717, 1.165) is 0 Å². The van der Waals surface area contributed by atoms with Crippen molar-refractivity contribution in [3.63, 3.8) is 0 Å². The minimum Gasteiger partial charge on any atom is -0.309 e. The summed E-state index contributed by atoms with van der Waals surface area (Å²) < 4.78 is 5.17. The van der Waals surface area contributed by atoms with Crippen molar-refractivity contribution >= 4 is 74.9 Å². The standard InChI is InChI=1S/C53H35NS/c1-53(2)44-19-11-10-16-39(44)40-26-22-35(31-45(40)53)34-23-28-47-43(30-34)49-48(55-47)29-27-46-51(49)50-41-17-8-6-14-37(41)38-15-7-9-18-42(38)52(50)54(46)36-24-20-33(21-25-36)32-12-4-3-5-13-32/h3-31H,1-2H3. The van der Waals surface area contributed by atoms with Crippen molar-refractivity contribution in [3.05, 3.63) is 187 Å². The lowest BCUT2D eigenvalue weighted by Crippen LogP contribution is -2.14. The number of rotatable bonds is 3. The maximum atomic E-state index is 2.53. The van der Waals surface area contributed by atoms with Crippen molar-refractivity contribution < 1.29 is 0 Å². The molecule has 0 radical (unpaired) electrons. The van der Waals surface area contributed by atoms with Gasteiger partial charge in [0.1, 0.15) is 0 Å². The van der Waals surface area contributed by atoms with Crippen LogP contribution >= 0.6 is 11.3 Å². The fourth-order valence-corrected chi connectivity index (χ4v) is 10.9. The van der Waals surface area contributed by atoms with Crippen LogP contribution in [0.4, 0.5) is 0 Å². The fourth-order valence-electron chi connectivity index (χ4n) is 9.79. The highest BCUT2D eigenvalue weighted by molar-refractivity contribution is 7.26. The quantitative estimate of drug-likeness (QED) is 0.160.